The fourth-order valence-electron chi connectivity index (χ4n) is 2.99. The predicted octanol–water partition coefficient (Wildman–Crippen LogP) is 2.43. The lowest BCUT2D eigenvalue weighted by molar-refractivity contribution is -0.127. The molecule has 0 bridgehead atoms. The molecule has 1 fully saturated rings. The van der Waals surface area contributed by atoms with Gasteiger partial charge in [0.05, 0.1) is 16.2 Å². The van der Waals surface area contributed by atoms with Gasteiger partial charge in [0, 0.05) is 13.5 Å². The summed E-state index contributed by atoms with van der Waals surface area (Å²) in [6.07, 6.45) is 0.0211. The Morgan fingerprint density at radius 2 is 1.50 bits per heavy atom. The highest BCUT2D eigenvalue weighted by Crippen LogP contribution is 2.38. The van der Waals surface area contributed by atoms with E-state index in [2.05, 4.69) is 0 Å². The summed E-state index contributed by atoms with van der Waals surface area (Å²) < 4.78 is 25.9. The smallest absolute Gasteiger partial charge is 0.224 e. The van der Waals surface area contributed by atoms with Crippen molar-refractivity contribution in [1.29, 1.82) is 0 Å². The van der Waals surface area contributed by atoms with Crippen molar-refractivity contribution in [3.05, 3.63) is 66.2 Å². The Hall–Kier alpha value is -2.14. The SMILES string of the molecule is CN1C(=O)C[C@@H](S(=O)(=O)c2ccccc2)[C@@H]1c1ccccc1. The highest BCUT2D eigenvalue weighted by atomic mass is 32.2. The van der Waals surface area contributed by atoms with E-state index >= 15 is 0 Å². The highest BCUT2D eigenvalue weighted by molar-refractivity contribution is 7.92. The van der Waals surface area contributed by atoms with Crippen molar-refractivity contribution in [3.63, 3.8) is 0 Å². The van der Waals surface area contributed by atoms with Crippen molar-refractivity contribution in [2.75, 3.05) is 7.05 Å². The fraction of sp³-hybridized carbons (Fsp3) is 0.235. The van der Waals surface area contributed by atoms with E-state index in [4.69, 9.17) is 0 Å². The van der Waals surface area contributed by atoms with Crippen LogP contribution in [0, 0.1) is 0 Å². The van der Waals surface area contributed by atoms with Crippen molar-refractivity contribution in [1.82, 2.24) is 4.90 Å². The maximum atomic E-state index is 12.9. The van der Waals surface area contributed by atoms with Crippen molar-refractivity contribution in [2.45, 2.75) is 22.6 Å². The molecule has 1 amide bonds. The van der Waals surface area contributed by atoms with Crippen molar-refractivity contribution < 1.29 is 13.2 Å². The topological polar surface area (TPSA) is 54.5 Å². The minimum Gasteiger partial charge on any atom is -0.337 e. The van der Waals surface area contributed by atoms with Gasteiger partial charge in [-0.1, -0.05) is 48.5 Å². The van der Waals surface area contributed by atoms with Crippen LogP contribution in [0.4, 0.5) is 0 Å². The number of carbonyl (C=O) groups excluding carboxylic acids is 1. The van der Waals surface area contributed by atoms with Gasteiger partial charge in [0.2, 0.25) is 5.91 Å². The number of sulfone groups is 1. The quantitative estimate of drug-likeness (QED) is 0.874. The Morgan fingerprint density at radius 1 is 0.955 bits per heavy atom. The second-order valence-electron chi connectivity index (χ2n) is 5.46. The van der Waals surface area contributed by atoms with Gasteiger partial charge in [0.1, 0.15) is 0 Å². The van der Waals surface area contributed by atoms with Crippen LogP contribution in [-0.2, 0) is 14.6 Å². The maximum absolute atomic E-state index is 12.9. The first-order valence-corrected chi connectivity index (χ1v) is 8.66. The number of nitrogens with zero attached hydrogens (tertiary/aromatic N) is 1. The van der Waals surface area contributed by atoms with Gasteiger partial charge in [-0.15, -0.1) is 0 Å². The first-order valence-electron chi connectivity index (χ1n) is 7.11. The molecule has 1 aliphatic rings. The van der Waals surface area contributed by atoms with Crippen LogP contribution in [0.15, 0.2) is 65.6 Å². The fourth-order valence-corrected chi connectivity index (χ4v) is 4.91. The summed E-state index contributed by atoms with van der Waals surface area (Å²) in [6, 6.07) is 17.2. The van der Waals surface area contributed by atoms with Gasteiger partial charge in [0.15, 0.2) is 9.84 Å². The van der Waals surface area contributed by atoms with Gasteiger partial charge < -0.3 is 4.90 Å². The van der Waals surface area contributed by atoms with Crippen LogP contribution in [-0.4, -0.2) is 31.5 Å². The zero-order valence-electron chi connectivity index (χ0n) is 12.2. The van der Waals surface area contributed by atoms with E-state index in [1.165, 1.54) is 0 Å². The van der Waals surface area contributed by atoms with E-state index in [1.54, 1.807) is 42.3 Å². The molecule has 2 atom stereocenters. The standard InChI is InChI=1S/C17H17NO3S/c1-18-16(19)12-15(17(18)13-8-4-2-5-9-13)22(20,21)14-10-6-3-7-11-14/h2-11,15,17H,12H2,1H3/t15-,17+/m1/s1. The summed E-state index contributed by atoms with van der Waals surface area (Å²) in [5.41, 5.74) is 0.848. The first-order chi connectivity index (χ1) is 10.5. The number of hydrogen-bond acceptors (Lipinski definition) is 3. The second-order valence-corrected chi connectivity index (χ2v) is 7.63. The molecule has 1 aliphatic heterocycles. The van der Waals surface area contributed by atoms with Crippen molar-refractivity contribution in [3.8, 4) is 0 Å². The molecule has 0 spiro atoms. The Balaban J connectivity index is 2.07. The van der Waals surface area contributed by atoms with Gasteiger partial charge in [0.25, 0.3) is 0 Å². The molecule has 1 saturated heterocycles. The van der Waals surface area contributed by atoms with Crippen LogP contribution in [0.5, 0.6) is 0 Å². The van der Waals surface area contributed by atoms with Gasteiger partial charge in [-0.05, 0) is 17.7 Å². The number of hydrogen-bond donors (Lipinski definition) is 0. The lowest BCUT2D eigenvalue weighted by Gasteiger charge is -2.25. The molecule has 0 radical (unpaired) electrons. The Kier molecular flexibility index (Phi) is 3.74. The molecule has 0 N–H and O–H groups in total. The van der Waals surface area contributed by atoms with Crippen LogP contribution < -0.4 is 0 Å². The van der Waals surface area contributed by atoms with Gasteiger partial charge in [-0.2, -0.15) is 0 Å². The largest absolute Gasteiger partial charge is 0.337 e. The normalized spacial score (nSPS) is 22.0. The van der Waals surface area contributed by atoms with E-state index in [0.717, 1.165) is 5.56 Å². The Morgan fingerprint density at radius 3 is 2.09 bits per heavy atom. The van der Waals surface area contributed by atoms with Gasteiger partial charge in [-0.3, -0.25) is 4.79 Å². The maximum Gasteiger partial charge on any atom is 0.224 e. The van der Waals surface area contributed by atoms with E-state index in [-0.39, 0.29) is 17.2 Å². The summed E-state index contributed by atoms with van der Waals surface area (Å²) in [7, 11) is -1.90. The average Bonchev–Trinajstić information content (AvgIpc) is 2.85. The number of benzene rings is 2. The van der Waals surface area contributed by atoms with E-state index in [1.807, 2.05) is 30.3 Å². The second kappa shape index (κ2) is 5.57. The van der Waals surface area contributed by atoms with Crippen molar-refractivity contribution >= 4 is 15.7 Å². The lowest BCUT2D eigenvalue weighted by atomic mass is 10.0. The van der Waals surface area contributed by atoms with Crippen LogP contribution in [0.2, 0.25) is 0 Å². The van der Waals surface area contributed by atoms with Gasteiger partial charge in [-0.25, -0.2) is 8.42 Å². The van der Waals surface area contributed by atoms with E-state index < -0.39 is 21.1 Å². The Bertz CT molecular complexity index is 772. The van der Waals surface area contributed by atoms with Crippen molar-refractivity contribution in [2.24, 2.45) is 0 Å². The third kappa shape index (κ3) is 2.41. The molecule has 2 aromatic rings. The lowest BCUT2D eigenvalue weighted by Crippen LogP contribution is -2.30. The molecule has 0 saturated carbocycles. The third-order valence-electron chi connectivity index (χ3n) is 4.15. The van der Waals surface area contributed by atoms with E-state index in [0.29, 0.717) is 0 Å². The zero-order valence-corrected chi connectivity index (χ0v) is 13.0. The number of carbonyl (C=O) groups is 1. The first kappa shape index (κ1) is 14.8. The molecule has 5 heteroatoms. The summed E-state index contributed by atoms with van der Waals surface area (Å²) in [5, 5.41) is -0.755. The molecule has 0 aliphatic carbocycles. The Labute approximate surface area is 130 Å². The van der Waals surface area contributed by atoms with Crippen LogP contribution in [0.3, 0.4) is 0 Å². The van der Waals surface area contributed by atoms with Crippen LogP contribution in [0.25, 0.3) is 0 Å². The average molecular weight is 315 g/mol. The zero-order chi connectivity index (χ0) is 15.7. The van der Waals surface area contributed by atoms with Gasteiger partial charge >= 0.3 is 0 Å². The summed E-state index contributed by atoms with van der Waals surface area (Å²) in [6.45, 7) is 0. The monoisotopic (exact) mass is 315 g/mol. The highest BCUT2D eigenvalue weighted by Gasteiger charge is 2.46. The van der Waals surface area contributed by atoms with Crippen LogP contribution in [0.1, 0.15) is 18.0 Å². The summed E-state index contributed by atoms with van der Waals surface area (Å²) >= 11 is 0. The minimum absolute atomic E-state index is 0.0211. The van der Waals surface area contributed by atoms with Crippen LogP contribution >= 0.6 is 0 Å². The molecule has 0 unspecified atom stereocenters. The third-order valence-corrected chi connectivity index (χ3v) is 6.30. The molecule has 3 rings (SSSR count). The number of amides is 1. The molecule has 0 aromatic heterocycles. The molecular formula is C17H17NO3S. The molecule has 2 aromatic carbocycles. The molecule has 4 nitrogen and oxygen atoms in total. The summed E-state index contributed by atoms with van der Waals surface area (Å²) in [5.74, 6) is -0.140. The molecule has 22 heavy (non-hydrogen) atoms. The molecular weight excluding hydrogens is 298 g/mol. The minimum atomic E-state index is -3.56. The molecule has 1 heterocycles. The summed E-state index contributed by atoms with van der Waals surface area (Å²) in [4.78, 5) is 13.9. The predicted molar refractivity (Wildman–Crippen MR) is 84.0 cm³/mol. The van der Waals surface area contributed by atoms with E-state index in [9.17, 15) is 13.2 Å². The number of rotatable bonds is 3. The number of likely N-dealkylation sites (tertiary alicyclic amines) is 1. The molecule has 114 valence electrons.